The van der Waals surface area contributed by atoms with Crippen molar-refractivity contribution in [1.29, 1.82) is 0 Å². The van der Waals surface area contributed by atoms with Crippen molar-refractivity contribution in [1.82, 2.24) is 10.6 Å². The minimum atomic E-state index is -0.612. The van der Waals surface area contributed by atoms with Crippen LogP contribution in [-0.4, -0.2) is 50.1 Å². The van der Waals surface area contributed by atoms with Gasteiger partial charge >= 0.3 is 0 Å². The molecule has 2 aromatic rings. The second-order valence-corrected chi connectivity index (χ2v) is 7.48. The maximum absolute atomic E-state index is 10.1. The second-order valence-electron chi connectivity index (χ2n) is 7.48. The molecular formula is C22H33N3O4. The zero-order chi connectivity index (χ0) is 20.6. The molecule has 1 saturated carbocycles. The maximum atomic E-state index is 10.1. The summed E-state index contributed by atoms with van der Waals surface area (Å²) in [6.07, 6.45) is 1.88. The Kier molecular flexibility index (Phi) is 7.77. The van der Waals surface area contributed by atoms with Gasteiger partial charge < -0.3 is 29.6 Å². The molecule has 0 aliphatic heterocycles. The van der Waals surface area contributed by atoms with Crippen LogP contribution in [0, 0.1) is 5.92 Å². The lowest BCUT2D eigenvalue weighted by Gasteiger charge is -2.17. The highest BCUT2D eigenvalue weighted by Crippen LogP contribution is 2.31. The highest BCUT2D eigenvalue weighted by Gasteiger charge is 2.21. The number of guanidine groups is 1. The first-order valence-electron chi connectivity index (χ1n) is 10.6. The van der Waals surface area contributed by atoms with Gasteiger partial charge in [0.25, 0.3) is 0 Å². The van der Waals surface area contributed by atoms with Gasteiger partial charge in [-0.3, -0.25) is 4.99 Å². The van der Waals surface area contributed by atoms with Crippen LogP contribution in [0.5, 0.6) is 5.75 Å². The van der Waals surface area contributed by atoms with E-state index in [0.29, 0.717) is 25.1 Å². The molecule has 3 N–H and O–H groups in total. The van der Waals surface area contributed by atoms with Crippen molar-refractivity contribution < 1.29 is 19.0 Å². The fraction of sp³-hybridized carbons (Fsp3) is 0.591. The molecule has 29 heavy (non-hydrogen) atoms. The molecule has 160 valence electrons. The predicted molar refractivity (Wildman–Crippen MR) is 114 cm³/mol. The molecule has 0 bridgehead atoms. The number of benzene rings is 1. The fourth-order valence-corrected chi connectivity index (χ4v) is 3.04. The Hall–Kier alpha value is -2.25. The van der Waals surface area contributed by atoms with Gasteiger partial charge in [-0.1, -0.05) is 12.1 Å². The summed E-state index contributed by atoms with van der Waals surface area (Å²) in [7, 11) is 0. The second kappa shape index (κ2) is 10.5. The summed E-state index contributed by atoms with van der Waals surface area (Å²) in [5.41, 5.74) is 0.753. The number of rotatable bonds is 11. The molecule has 1 aliphatic carbocycles. The van der Waals surface area contributed by atoms with Gasteiger partial charge in [-0.25, -0.2) is 0 Å². The minimum absolute atomic E-state index is 0.0991. The quantitative estimate of drug-likeness (QED) is 0.394. The molecule has 2 unspecified atom stereocenters. The summed E-state index contributed by atoms with van der Waals surface area (Å²) >= 11 is 0. The highest BCUT2D eigenvalue weighted by molar-refractivity contribution is 5.84. The monoisotopic (exact) mass is 403 g/mol. The number of nitrogens with one attached hydrogen (secondary N) is 2. The predicted octanol–water partition coefficient (Wildman–Crippen LogP) is 3.24. The average Bonchev–Trinajstić information content (AvgIpc) is 3.41. The Balaban J connectivity index is 1.59. The van der Waals surface area contributed by atoms with Crippen molar-refractivity contribution >= 4 is 16.9 Å². The van der Waals surface area contributed by atoms with E-state index in [0.717, 1.165) is 35.6 Å². The van der Waals surface area contributed by atoms with Crippen molar-refractivity contribution in [2.45, 2.75) is 45.8 Å². The summed E-state index contributed by atoms with van der Waals surface area (Å²) in [4.78, 5) is 4.49. The van der Waals surface area contributed by atoms with Gasteiger partial charge in [0.05, 0.1) is 31.9 Å². The summed E-state index contributed by atoms with van der Waals surface area (Å²) in [5, 5.41) is 17.7. The molecule has 0 saturated heterocycles. The Morgan fingerprint density at radius 3 is 2.90 bits per heavy atom. The average molecular weight is 404 g/mol. The van der Waals surface area contributed by atoms with E-state index in [9.17, 15) is 5.11 Å². The number of fused-ring (bicyclic) bond motifs is 1. The summed E-state index contributed by atoms with van der Waals surface area (Å²) in [5.74, 6) is 2.87. The normalized spacial score (nSPS) is 16.6. The van der Waals surface area contributed by atoms with Crippen LogP contribution in [0.4, 0.5) is 0 Å². The van der Waals surface area contributed by atoms with Crippen LogP contribution in [0.25, 0.3) is 11.0 Å². The zero-order valence-corrected chi connectivity index (χ0v) is 17.6. The van der Waals surface area contributed by atoms with Crippen LogP contribution in [-0.2, 0) is 4.74 Å². The SMILES string of the molecule is CCNC(=NCC(O)COCC1CC1)NC(C)c1cc2cccc(OCC)c2o1. The van der Waals surface area contributed by atoms with Crippen molar-refractivity contribution in [2.24, 2.45) is 10.9 Å². The number of hydrogen-bond acceptors (Lipinski definition) is 5. The lowest BCUT2D eigenvalue weighted by Crippen LogP contribution is -2.39. The van der Waals surface area contributed by atoms with Gasteiger partial charge in [0.1, 0.15) is 5.76 Å². The van der Waals surface area contributed by atoms with Gasteiger partial charge in [-0.05, 0) is 51.7 Å². The zero-order valence-electron chi connectivity index (χ0n) is 17.6. The molecule has 0 amide bonds. The van der Waals surface area contributed by atoms with Crippen molar-refractivity contribution in [3.63, 3.8) is 0 Å². The lowest BCUT2D eigenvalue weighted by atomic mass is 10.2. The van der Waals surface area contributed by atoms with E-state index in [-0.39, 0.29) is 12.6 Å². The van der Waals surface area contributed by atoms with Crippen molar-refractivity contribution in [3.8, 4) is 5.75 Å². The van der Waals surface area contributed by atoms with E-state index in [1.807, 2.05) is 45.0 Å². The molecular weight excluding hydrogens is 370 g/mol. The molecule has 7 nitrogen and oxygen atoms in total. The summed E-state index contributed by atoms with van der Waals surface area (Å²) in [6, 6.07) is 7.80. The first-order chi connectivity index (χ1) is 14.1. The molecule has 7 heteroatoms. The van der Waals surface area contributed by atoms with E-state index >= 15 is 0 Å². The first-order valence-corrected chi connectivity index (χ1v) is 10.6. The number of aliphatic hydroxyl groups excluding tert-OH is 1. The van der Waals surface area contributed by atoms with Crippen LogP contribution in [0.1, 0.15) is 45.4 Å². The van der Waals surface area contributed by atoms with Crippen LogP contribution in [0.3, 0.4) is 0 Å². The molecule has 0 spiro atoms. The van der Waals surface area contributed by atoms with Gasteiger partial charge in [0.15, 0.2) is 17.3 Å². The number of para-hydroxylation sites is 1. The largest absolute Gasteiger partial charge is 0.490 e. The lowest BCUT2D eigenvalue weighted by molar-refractivity contribution is 0.0368. The van der Waals surface area contributed by atoms with Crippen LogP contribution < -0.4 is 15.4 Å². The van der Waals surface area contributed by atoms with Gasteiger partial charge in [0, 0.05) is 18.5 Å². The Labute approximate surface area is 172 Å². The van der Waals surface area contributed by atoms with Crippen molar-refractivity contribution in [2.75, 3.05) is 32.9 Å². The molecule has 0 radical (unpaired) electrons. The van der Waals surface area contributed by atoms with Crippen LogP contribution >= 0.6 is 0 Å². The number of furan rings is 1. The van der Waals surface area contributed by atoms with E-state index < -0.39 is 6.10 Å². The number of ether oxygens (including phenoxy) is 2. The third-order valence-electron chi connectivity index (χ3n) is 4.77. The van der Waals surface area contributed by atoms with E-state index in [1.165, 1.54) is 12.8 Å². The van der Waals surface area contributed by atoms with Crippen LogP contribution in [0.2, 0.25) is 0 Å². The molecule has 2 atom stereocenters. The molecule has 1 aromatic heterocycles. The Morgan fingerprint density at radius 1 is 1.34 bits per heavy atom. The minimum Gasteiger partial charge on any atom is -0.490 e. The first kappa shape index (κ1) is 21.5. The number of hydrogen-bond donors (Lipinski definition) is 3. The molecule has 3 rings (SSSR count). The van der Waals surface area contributed by atoms with E-state index in [4.69, 9.17) is 13.9 Å². The summed E-state index contributed by atoms with van der Waals surface area (Å²) < 4.78 is 17.3. The highest BCUT2D eigenvalue weighted by atomic mass is 16.5. The fourth-order valence-electron chi connectivity index (χ4n) is 3.04. The third-order valence-corrected chi connectivity index (χ3v) is 4.77. The van der Waals surface area contributed by atoms with Gasteiger partial charge in [0.2, 0.25) is 0 Å². The maximum Gasteiger partial charge on any atom is 0.191 e. The van der Waals surface area contributed by atoms with Crippen LogP contribution in [0.15, 0.2) is 33.7 Å². The standard InChI is InChI=1S/C22H33N3O4/c1-4-23-22(24-12-18(26)14-27-13-16-9-10-16)25-15(3)20-11-17-7-6-8-19(28-5-2)21(17)29-20/h6-8,11,15-16,18,26H,4-5,9-10,12-14H2,1-3H3,(H2,23,24,25). The summed E-state index contributed by atoms with van der Waals surface area (Å²) in [6.45, 7) is 8.63. The Bertz CT molecular complexity index is 800. The van der Waals surface area contributed by atoms with Gasteiger partial charge in [-0.2, -0.15) is 0 Å². The van der Waals surface area contributed by atoms with Gasteiger partial charge in [-0.15, -0.1) is 0 Å². The number of aliphatic imine (C=N–C) groups is 1. The van der Waals surface area contributed by atoms with E-state index in [2.05, 4.69) is 15.6 Å². The molecule has 1 aromatic carbocycles. The van der Waals surface area contributed by atoms with Crippen molar-refractivity contribution in [3.05, 3.63) is 30.0 Å². The smallest absolute Gasteiger partial charge is 0.191 e. The number of nitrogens with zero attached hydrogens (tertiary/aromatic N) is 1. The molecule has 1 aliphatic rings. The third kappa shape index (κ3) is 6.37. The molecule has 1 heterocycles. The number of aliphatic hydroxyl groups is 1. The Morgan fingerprint density at radius 2 is 2.17 bits per heavy atom. The molecule has 1 fully saturated rings. The van der Waals surface area contributed by atoms with E-state index in [1.54, 1.807) is 0 Å². The topological polar surface area (TPSA) is 88.3 Å².